The number of rotatable bonds is 7. The first-order valence-electron chi connectivity index (χ1n) is 11.0. The van der Waals surface area contributed by atoms with Crippen molar-refractivity contribution >= 4 is 39.1 Å². The molecule has 1 aliphatic rings. The van der Waals surface area contributed by atoms with Gasteiger partial charge in [-0.1, -0.05) is 47.5 Å². The summed E-state index contributed by atoms with van der Waals surface area (Å²) in [7, 11) is -3.68. The zero-order valence-corrected chi connectivity index (χ0v) is 21.1. The summed E-state index contributed by atoms with van der Waals surface area (Å²) >= 11 is 12.4. The molecule has 2 aromatic carbocycles. The number of aromatic nitrogens is 2. The zero-order chi connectivity index (χ0) is 24.3. The fourth-order valence-corrected chi connectivity index (χ4v) is 6.57. The third kappa shape index (κ3) is 5.46. The van der Waals surface area contributed by atoms with E-state index in [1.807, 2.05) is 42.0 Å². The van der Waals surface area contributed by atoms with Crippen molar-refractivity contribution in [2.75, 3.05) is 13.1 Å². The molecule has 1 unspecified atom stereocenters. The van der Waals surface area contributed by atoms with Gasteiger partial charge in [0.1, 0.15) is 5.82 Å². The molecule has 1 saturated heterocycles. The lowest BCUT2D eigenvalue weighted by Crippen LogP contribution is -2.45. The number of piperidine rings is 1. The zero-order valence-electron chi connectivity index (χ0n) is 18.7. The molecule has 4 rings (SSSR count). The van der Waals surface area contributed by atoms with Gasteiger partial charge in [-0.05, 0) is 43.5 Å². The average molecular weight is 521 g/mol. The number of nitrogens with zero attached hydrogens (tertiary/aromatic N) is 3. The molecule has 1 N–H and O–H groups in total. The topological polar surface area (TPSA) is 84.3 Å². The normalized spacial score (nSPS) is 17.0. The Morgan fingerprint density at radius 2 is 1.88 bits per heavy atom. The summed E-state index contributed by atoms with van der Waals surface area (Å²) in [6, 6.07) is 12.7. The van der Waals surface area contributed by atoms with Gasteiger partial charge < -0.3 is 9.88 Å². The van der Waals surface area contributed by atoms with Crippen molar-refractivity contribution in [3.63, 3.8) is 0 Å². The lowest BCUT2D eigenvalue weighted by molar-refractivity contribution is -0.126. The fourth-order valence-electron chi connectivity index (χ4n) is 4.21. The number of hydrogen-bond donors (Lipinski definition) is 1. The Balaban J connectivity index is 1.42. The van der Waals surface area contributed by atoms with Gasteiger partial charge in [0.2, 0.25) is 15.9 Å². The van der Waals surface area contributed by atoms with Gasteiger partial charge in [0.05, 0.1) is 17.4 Å². The Kier molecular flexibility index (Phi) is 7.62. The molecule has 0 aliphatic carbocycles. The van der Waals surface area contributed by atoms with Crippen LogP contribution in [0.2, 0.25) is 10.0 Å². The van der Waals surface area contributed by atoms with Crippen LogP contribution in [-0.4, -0.2) is 41.3 Å². The van der Waals surface area contributed by atoms with E-state index in [1.165, 1.54) is 4.31 Å². The molecule has 1 atom stereocenters. The maximum atomic E-state index is 13.1. The van der Waals surface area contributed by atoms with Gasteiger partial charge in [-0.3, -0.25) is 4.79 Å². The van der Waals surface area contributed by atoms with Crippen LogP contribution in [0.25, 0.3) is 5.69 Å². The number of nitrogens with one attached hydrogen (secondary N) is 1. The van der Waals surface area contributed by atoms with Crippen molar-refractivity contribution in [3.8, 4) is 5.69 Å². The molecule has 2 heterocycles. The van der Waals surface area contributed by atoms with Crippen LogP contribution in [0.5, 0.6) is 0 Å². The number of sulfonamides is 1. The molecular weight excluding hydrogens is 495 g/mol. The Labute approximate surface area is 209 Å². The highest BCUT2D eigenvalue weighted by atomic mass is 35.5. The van der Waals surface area contributed by atoms with Gasteiger partial charge >= 0.3 is 0 Å². The number of amides is 1. The molecule has 0 bridgehead atoms. The van der Waals surface area contributed by atoms with E-state index in [0.717, 1.165) is 17.1 Å². The first-order chi connectivity index (χ1) is 16.3. The van der Waals surface area contributed by atoms with Crippen molar-refractivity contribution in [1.82, 2.24) is 19.2 Å². The summed E-state index contributed by atoms with van der Waals surface area (Å²) in [5.41, 5.74) is 2.27. The van der Waals surface area contributed by atoms with Crippen LogP contribution < -0.4 is 5.32 Å². The predicted octanol–water partition coefficient (Wildman–Crippen LogP) is 4.35. The average Bonchev–Trinajstić information content (AvgIpc) is 3.26. The quantitative estimate of drug-likeness (QED) is 0.501. The molecule has 180 valence electrons. The van der Waals surface area contributed by atoms with Crippen LogP contribution in [0.15, 0.2) is 54.9 Å². The van der Waals surface area contributed by atoms with Crippen LogP contribution in [0, 0.1) is 12.8 Å². The Morgan fingerprint density at radius 1 is 1.15 bits per heavy atom. The minimum Gasteiger partial charge on any atom is -0.352 e. The van der Waals surface area contributed by atoms with Crippen LogP contribution in [0.4, 0.5) is 0 Å². The first-order valence-corrected chi connectivity index (χ1v) is 13.4. The molecule has 0 radical (unpaired) electrons. The van der Waals surface area contributed by atoms with E-state index in [0.29, 0.717) is 41.5 Å². The number of benzene rings is 2. The van der Waals surface area contributed by atoms with E-state index < -0.39 is 15.9 Å². The summed E-state index contributed by atoms with van der Waals surface area (Å²) in [6.45, 7) is 2.77. The molecule has 1 amide bonds. The summed E-state index contributed by atoms with van der Waals surface area (Å²) in [4.78, 5) is 17.3. The maximum absolute atomic E-state index is 13.1. The summed E-state index contributed by atoms with van der Waals surface area (Å²) < 4.78 is 29.5. The Morgan fingerprint density at radius 3 is 2.59 bits per heavy atom. The highest BCUT2D eigenvalue weighted by molar-refractivity contribution is 7.88. The summed E-state index contributed by atoms with van der Waals surface area (Å²) in [6.07, 6.45) is 4.86. The number of hydrogen-bond acceptors (Lipinski definition) is 4. The molecular formula is C24H26Cl2N4O3S. The highest BCUT2D eigenvalue weighted by Crippen LogP contribution is 2.29. The van der Waals surface area contributed by atoms with E-state index in [-0.39, 0.29) is 18.2 Å². The molecule has 3 aromatic rings. The number of carbonyl (C=O) groups excluding carboxylic acids is 1. The number of para-hydroxylation sites is 1. The van der Waals surface area contributed by atoms with Gasteiger partial charge in [0.15, 0.2) is 0 Å². The largest absolute Gasteiger partial charge is 0.352 e. The Bertz CT molecular complexity index is 1270. The minimum absolute atomic E-state index is 0.137. The third-order valence-corrected chi connectivity index (χ3v) is 8.55. The molecule has 1 aliphatic heterocycles. The second-order valence-corrected chi connectivity index (χ2v) is 11.1. The molecule has 0 spiro atoms. The summed E-state index contributed by atoms with van der Waals surface area (Å²) in [5, 5.41) is 3.62. The minimum atomic E-state index is -3.68. The van der Waals surface area contributed by atoms with Crippen molar-refractivity contribution in [2.24, 2.45) is 5.92 Å². The van der Waals surface area contributed by atoms with E-state index in [2.05, 4.69) is 10.3 Å². The monoisotopic (exact) mass is 520 g/mol. The van der Waals surface area contributed by atoms with Gasteiger partial charge in [-0.2, -0.15) is 0 Å². The second kappa shape index (κ2) is 10.5. The second-order valence-electron chi connectivity index (χ2n) is 8.34. The smallest absolute Gasteiger partial charge is 0.224 e. The molecule has 10 heteroatoms. The van der Waals surface area contributed by atoms with Crippen LogP contribution in [-0.2, 0) is 27.1 Å². The lowest BCUT2D eigenvalue weighted by atomic mass is 9.98. The van der Waals surface area contributed by atoms with E-state index in [4.69, 9.17) is 23.2 Å². The van der Waals surface area contributed by atoms with E-state index in [9.17, 15) is 13.2 Å². The third-order valence-electron chi connectivity index (χ3n) is 6.07. The van der Waals surface area contributed by atoms with Gasteiger partial charge in [-0.25, -0.2) is 17.7 Å². The SMILES string of the molecule is Cc1nccn1-c1ccccc1CNC(=O)C1CCCN(S(=O)(=O)Cc2c(Cl)cccc2Cl)C1. The number of halogens is 2. The molecule has 1 aromatic heterocycles. The van der Waals surface area contributed by atoms with E-state index >= 15 is 0 Å². The first kappa shape index (κ1) is 24.7. The van der Waals surface area contributed by atoms with Crippen LogP contribution in [0.1, 0.15) is 29.8 Å². The molecule has 1 fully saturated rings. The number of carbonyl (C=O) groups is 1. The summed E-state index contributed by atoms with van der Waals surface area (Å²) in [5.74, 6) is -0.0250. The van der Waals surface area contributed by atoms with Crippen LogP contribution in [0.3, 0.4) is 0 Å². The predicted molar refractivity (Wildman–Crippen MR) is 134 cm³/mol. The molecule has 0 saturated carbocycles. The van der Waals surface area contributed by atoms with Crippen molar-refractivity contribution in [3.05, 3.63) is 81.9 Å². The van der Waals surface area contributed by atoms with Crippen molar-refractivity contribution < 1.29 is 13.2 Å². The number of aryl methyl sites for hydroxylation is 1. The number of imidazole rings is 1. The standard InChI is InChI=1S/C24H26Cl2N4O3S/c1-17-27-11-13-30(17)23-10-3-2-6-18(23)14-28-24(31)19-7-5-12-29(15-19)34(32,33)16-20-21(25)8-4-9-22(20)26/h2-4,6,8-11,13,19H,5,7,12,14-16H2,1H3,(H,28,31). The van der Waals surface area contributed by atoms with E-state index in [1.54, 1.807) is 24.4 Å². The van der Waals surface area contributed by atoms with Crippen LogP contribution >= 0.6 is 23.2 Å². The lowest BCUT2D eigenvalue weighted by Gasteiger charge is -2.31. The van der Waals surface area contributed by atoms with Gasteiger partial charge in [-0.15, -0.1) is 0 Å². The van der Waals surface area contributed by atoms with Crippen molar-refractivity contribution in [2.45, 2.75) is 32.1 Å². The maximum Gasteiger partial charge on any atom is 0.224 e. The van der Waals surface area contributed by atoms with Crippen molar-refractivity contribution in [1.29, 1.82) is 0 Å². The van der Waals surface area contributed by atoms with Gasteiger partial charge in [0.25, 0.3) is 0 Å². The molecule has 7 nitrogen and oxygen atoms in total. The highest BCUT2D eigenvalue weighted by Gasteiger charge is 2.33. The molecule has 34 heavy (non-hydrogen) atoms. The fraction of sp³-hybridized carbons (Fsp3) is 0.333. The van der Waals surface area contributed by atoms with Gasteiger partial charge in [0, 0.05) is 47.6 Å². The Hall–Kier alpha value is -2.39.